The number of esters is 1. The van der Waals surface area contributed by atoms with Crippen molar-refractivity contribution in [1.29, 1.82) is 0 Å². The molecule has 1 aromatic rings. The van der Waals surface area contributed by atoms with Crippen molar-refractivity contribution in [2.24, 2.45) is 0 Å². The van der Waals surface area contributed by atoms with Crippen molar-refractivity contribution in [3.8, 4) is 0 Å². The molecule has 1 aliphatic rings. The number of rotatable bonds is 5. The lowest BCUT2D eigenvalue weighted by molar-refractivity contribution is -0.142. The molecule has 18 heavy (non-hydrogen) atoms. The Balaban J connectivity index is 2.04. The Morgan fingerprint density at radius 2 is 2.17 bits per heavy atom. The highest BCUT2D eigenvalue weighted by molar-refractivity contribution is 7.09. The number of hydrogen-bond acceptors (Lipinski definition) is 5. The summed E-state index contributed by atoms with van der Waals surface area (Å²) in [6, 6.07) is 0. The van der Waals surface area contributed by atoms with Crippen molar-refractivity contribution in [3.05, 3.63) is 20.2 Å². The smallest absolute Gasteiger partial charge is 0.311 e. The Morgan fingerprint density at radius 1 is 1.44 bits per heavy atom. The molecular weight excluding hydrogens is 252 g/mol. The monoisotopic (exact) mass is 270 g/mol. The lowest BCUT2D eigenvalue weighted by Gasteiger charge is -2.13. The van der Waals surface area contributed by atoms with E-state index in [2.05, 4.69) is 9.88 Å². The minimum absolute atomic E-state index is 0.0940. The molecule has 5 nitrogen and oxygen atoms in total. The summed E-state index contributed by atoms with van der Waals surface area (Å²) in [5, 5.41) is 0. The molecular formula is C12H18N2O3S. The van der Waals surface area contributed by atoms with Crippen LogP contribution >= 0.6 is 11.3 Å². The molecule has 1 saturated heterocycles. The van der Waals surface area contributed by atoms with E-state index >= 15 is 0 Å². The molecule has 0 spiro atoms. The van der Waals surface area contributed by atoms with E-state index in [1.54, 1.807) is 6.92 Å². The zero-order valence-corrected chi connectivity index (χ0v) is 11.3. The summed E-state index contributed by atoms with van der Waals surface area (Å²) in [6.45, 7) is 5.06. The number of thiazole rings is 1. The van der Waals surface area contributed by atoms with Gasteiger partial charge >= 0.3 is 10.8 Å². The van der Waals surface area contributed by atoms with Crippen LogP contribution in [0.4, 0.5) is 0 Å². The zero-order valence-electron chi connectivity index (χ0n) is 10.5. The van der Waals surface area contributed by atoms with Gasteiger partial charge in [0.05, 0.1) is 13.0 Å². The molecule has 100 valence electrons. The number of carbonyl (C=O) groups excluding carboxylic acids is 1. The molecule has 2 rings (SSSR count). The van der Waals surface area contributed by atoms with E-state index in [0.717, 1.165) is 30.2 Å². The highest BCUT2D eigenvalue weighted by Gasteiger charge is 2.18. The molecule has 1 aliphatic heterocycles. The Hall–Kier alpha value is -1.14. The first-order chi connectivity index (χ1) is 8.69. The maximum Gasteiger partial charge on any atom is 0.311 e. The second-order valence-corrected chi connectivity index (χ2v) is 5.45. The van der Waals surface area contributed by atoms with Crippen LogP contribution in [0.3, 0.4) is 0 Å². The number of ether oxygens (including phenoxy) is 1. The first-order valence-electron chi connectivity index (χ1n) is 6.28. The standard InChI is InChI=1S/C12H18N2O3S/c1-2-17-11(15)7-9-10(18-12(16)13-9)8-14-5-3-4-6-14/h2-8H2,1H3,(H,13,16). The van der Waals surface area contributed by atoms with E-state index in [-0.39, 0.29) is 17.3 Å². The Morgan fingerprint density at radius 3 is 2.83 bits per heavy atom. The number of nitrogens with one attached hydrogen (secondary N) is 1. The van der Waals surface area contributed by atoms with Crippen molar-refractivity contribution in [3.63, 3.8) is 0 Å². The Kier molecular flexibility index (Phi) is 4.54. The Labute approximate surface area is 110 Å². The van der Waals surface area contributed by atoms with E-state index < -0.39 is 0 Å². The third-order valence-corrected chi connectivity index (χ3v) is 3.91. The zero-order chi connectivity index (χ0) is 13.0. The number of nitrogens with zero attached hydrogens (tertiary/aromatic N) is 1. The average Bonchev–Trinajstić information content (AvgIpc) is 2.90. The van der Waals surface area contributed by atoms with Crippen molar-refractivity contribution in [2.45, 2.75) is 32.7 Å². The molecule has 1 aromatic heterocycles. The Bertz CT molecular complexity index is 460. The molecule has 0 bridgehead atoms. The van der Waals surface area contributed by atoms with Gasteiger partial charge in [0.2, 0.25) is 0 Å². The molecule has 0 aromatic carbocycles. The second-order valence-electron chi connectivity index (χ2n) is 4.38. The van der Waals surface area contributed by atoms with Gasteiger partial charge in [0.25, 0.3) is 0 Å². The average molecular weight is 270 g/mol. The second kappa shape index (κ2) is 6.15. The molecule has 0 aliphatic carbocycles. The SMILES string of the molecule is CCOC(=O)Cc1[nH]c(=O)sc1CN1CCCC1. The lowest BCUT2D eigenvalue weighted by atomic mass is 10.2. The molecule has 1 fully saturated rings. The summed E-state index contributed by atoms with van der Waals surface area (Å²) in [5.74, 6) is -0.283. The van der Waals surface area contributed by atoms with Crippen LogP contribution in [0, 0.1) is 0 Å². The minimum Gasteiger partial charge on any atom is -0.466 e. The van der Waals surface area contributed by atoms with Crippen molar-refractivity contribution in [2.75, 3.05) is 19.7 Å². The van der Waals surface area contributed by atoms with Gasteiger partial charge in [-0.15, -0.1) is 0 Å². The number of aromatic nitrogens is 1. The van der Waals surface area contributed by atoms with E-state index in [1.165, 1.54) is 24.2 Å². The predicted molar refractivity (Wildman–Crippen MR) is 69.8 cm³/mol. The third-order valence-electron chi connectivity index (χ3n) is 3.00. The fraction of sp³-hybridized carbons (Fsp3) is 0.667. The maximum atomic E-state index is 11.5. The van der Waals surface area contributed by atoms with Crippen molar-refractivity contribution >= 4 is 17.3 Å². The molecule has 0 amide bonds. The largest absolute Gasteiger partial charge is 0.466 e. The van der Waals surface area contributed by atoms with Gasteiger partial charge in [-0.3, -0.25) is 14.5 Å². The quantitative estimate of drug-likeness (QED) is 0.815. The van der Waals surface area contributed by atoms with Crippen LogP contribution < -0.4 is 4.87 Å². The third kappa shape index (κ3) is 3.43. The molecule has 6 heteroatoms. The van der Waals surface area contributed by atoms with Gasteiger partial charge in [0, 0.05) is 17.1 Å². The van der Waals surface area contributed by atoms with Crippen LogP contribution in [0.5, 0.6) is 0 Å². The first-order valence-corrected chi connectivity index (χ1v) is 7.09. The molecule has 0 atom stereocenters. The molecule has 0 unspecified atom stereocenters. The normalized spacial score (nSPS) is 16.1. The van der Waals surface area contributed by atoms with Crippen LogP contribution in [0.1, 0.15) is 30.3 Å². The lowest BCUT2D eigenvalue weighted by Crippen LogP contribution is -2.19. The summed E-state index contributed by atoms with van der Waals surface area (Å²) in [7, 11) is 0. The number of aromatic amines is 1. The van der Waals surface area contributed by atoms with Gasteiger partial charge in [-0.1, -0.05) is 11.3 Å². The fourth-order valence-electron chi connectivity index (χ4n) is 2.16. The summed E-state index contributed by atoms with van der Waals surface area (Å²) in [4.78, 5) is 28.8. The molecule has 2 heterocycles. The fourth-order valence-corrected chi connectivity index (χ4v) is 3.05. The first kappa shape index (κ1) is 13.3. The van der Waals surface area contributed by atoms with Gasteiger partial charge in [0.15, 0.2) is 0 Å². The van der Waals surface area contributed by atoms with Gasteiger partial charge in [-0.2, -0.15) is 0 Å². The van der Waals surface area contributed by atoms with Crippen LogP contribution in [-0.4, -0.2) is 35.5 Å². The summed E-state index contributed by atoms with van der Waals surface area (Å²) >= 11 is 1.20. The van der Waals surface area contributed by atoms with Gasteiger partial charge < -0.3 is 9.72 Å². The van der Waals surface area contributed by atoms with E-state index in [9.17, 15) is 9.59 Å². The highest BCUT2D eigenvalue weighted by Crippen LogP contribution is 2.17. The van der Waals surface area contributed by atoms with E-state index in [1.807, 2.05) is 0 Å². The maximum absolute atomic E-state index is 11.5. The summed E-state index contributed by atoms with van der Waals surface area (Å²) in [6.07, 6.45) is 2.59. The van der Waals surface area contributed by atoms with Crippen LogP contribution in [0.2, 0.25) is 0 Å². The number of H-pyrrole nitrogens is 1. The number of carbonyl (C=O) groups is 1. The number of hydrogen-bond donors (Lipinski definition) is 1. The minimum atomic E-state index is -0.283. The van der Waals surface area contributed by atoms with E-state index in [4.69, 9.17) is 4.74 Å². The van der Waals surface area contributed by atoms with E-state index in [0.29, 0.717) is 6.61 Å². The topological polar surface area (TPSA) is 62.4 Å². The van der Waals surface area contributed by atoms with Crippen molar-refractivity contribution < 1.29 is 9.53 Å². The molecule has 0 saturated carbocycles. The van der Waals surface area contributed by atoms with Crippen molar-refractivity contribution in [1.82, 2.24) is 9.88 Å². The van der Waals surface area contributed by atoms with Crippen LogP contribution in [0.15, 0.2) is 4.79 Å². The van der Waals surface area contributed by atoms with Crippen LogP contribution in [0.25, 0.3) is 0 Å². The number of likely N-dealkylation sites (tertiary alicyclic amines) is 1. The van der Waals surface area contributed by atoms with Gasteiger partial charge in [-0.05, 0) is 32.9 Å². The molecule has 1 N–H and O–H groups in total. The van der Waals surface area contributed by atoms with Gasteiger partial charge in [0.1, 0.15) is 0 Å². The van der Waals surface area contributed by atoms with Gasteiger partial charge in [-0.25, -0.2) is 0 Å². The summed E-state index contributed by atoms with van der Waals surface area (Å²) < 4.78 is 4.91. The predicted octanol–water partition coefficient (Wildman–Crippen LogP) is 1.14. The van der Waals surface area contributed by atoms with Crippen LogP contribution in [-0.2, 0) is 22.5 Å². The summed E-state index contributed by atoms with van der Waals surface area (Å²) in [5.41, 5.74) is 0.718. The molecule has 0 radical (unpaired) electrons. The highest BCUT2D eigenvalue weighted by atomic mass is 32.1.